The average Bonchev–Trinajstić information content (AvgIpc) is 3.69. The molecule has 220 valence electrons. The summed E-state index contributed by atoms with van der Waals surface area (Å²) in [7, 11) is 0. The maximum atomic E-state index is 13.1. The van der Waals surface area contributed by atoms with Gasteiger partial charge in [-0.1, -0.05) is 12.1 Å². The van der Waals surface area contributed by atoms with Gasteiger partial charge in [-0.2, -0.15) is 0 Å². The van der Waals surface area contributed by atoms with E-state index in [0.717, 1.165) is 24.2 Å². The highest BCUT2D eigenvalue weighted by Crippen LogP contribution is 2.40. The van der Waals surface area contributed by atoms with Gasteiger partial charge in [0.15, 0.2) is 0 Å². The monoisotopic (exact) mass is 580 g/mol. The van der Waals surface area contributed by atoms with Gasteiger partial charge >= 0.3 is 6.09 Å². The zero-order valence-electron chi connectivity index (χ0n) is 23.6. The van der Waals surface area contributed by atoms with Crippen LogP contribution in [0.1, 0.15) is 59.3 Å². The van der Waals surface area contributed by atoms with Crippen LogP contribution in [0.2, 0.25) is 0 Å². The molecule has 1 aromatic carbocycles. The summed E-state index contributed by atoms with van der Waals surface area (Å²) in [5.41, 5.74) is 10.2. The first-order valence-corrected chi connectivity index (χ1v) is 14.6. The summed E-state index contributed by atoms with van der Waals surface area (Å²) >= 11 is 0. The van der Waals surface area contributed by atoms with Gasteiger partial charge < -0.3 is 20.7 Å². The standard InChI is InChI=1S/C31H32N8O4/c32-28-27-26(20-5-7-21(8-6-20)30(41)35-24-16-22(9-10-33-24)19-3-4-19)36-29(39(27)13-11-34-28)23-2-1-12-37(17-23)25(40)18-38-14-15-43-31(38)42/h5-11,13,16,19,23H,1-4,12,14-15,17-18H2,(H2,32,34)(H,33,35,41). The van der Waals surface area contributed by atoms with Gasteiger partial charge in [0.05, 0.1) is 6.54 Å². The van der Waals surface area contributed by atoms with Gasteiger partial charge in [-0.3, -0.25) is 18.9 Å². The van der Waals surface area contributed by atoms with Crippen molar-refractivity contribution in [2.75, 3.05) is 43.8 Å². The Bertz CT molecular complexity index is 1710. The summed E-state index contributed by atoms with van der Waals surface area (Å²) in [6, 6.07) is 11.2. The lowest BCUT2D eigenvalue weighted by Gasteiger charge is -2.33. The molecule has 1 aliphatic carbocycles. The zero-order chi connectivity index (χ0) is 29.5. The summed E-state index contributed by atoms with van der Waals surface area (Å²) in [5.74, 6) is 1.88. The molecule has 1 unspecified atom stereocenters. The van der Waals surface area contributed by atoms with Crippen molar-refractivity contribution in [3.8, 4) is 11.3 Å². The van der Waals surface area contributed by atoms with E-state index in [4.69, 9.17) is 15.5 Å². The second-order valence-corrected chi connectivity index (χ2v) is 11.3. The van der Waals surface area contributed by atoms with E-state index in [1.807, 2.05) is 34.9 Å². The van der Waals surface area contributed by atoms with Crippen molar-refractivity contribution in [3.05, 3.63) is 71.9 Å². The molecule has 7 rings (SSSR count). The van der Waals surface area contributed by atoms with Gasteiger partial charge in [0.1, 0.15) is 41.8 Å². The van der Waals surface area contributed by atoms with Crippen molar-refractivity contribution < 1.29 is 19.1 Å². The molecule has 43 heavy (non-hydrogen) atoms. The number of fused-ring (bicyclic) bond motifs is 1. The fourth-order valence-corrected chi connectivity index (χ4v) is 5.98. The van der Waals surface area contributed by atoms with Crippen LogP contribution >= 0.6 is 0 Å². The average molecular weight is 581 g/mol. The number of piperidine rings is 1. The summed E-state index contributed by atoms with van der Waals surface area (Å²) in [5, 5.41) is 2.90. The summed E-state index contributed by atoms with van der Waals surface area (Å²) in [4.78, 5) is 54.8. The largest absolute Gasteiger partial charge is 0.448 e. The Balaban J connectivity index is 1.12. The number of benzene rings is 1. The van der Waals surface area contributed by atoms with Crippen LogP contribution in [0.4, 0.5) is 16.4 Å². The molecule has 12 nitrogen and oxygen atoms in total. The number of nitrogen functional groups attached to an aromatic ring is 1. The number of aromatic nitrogens is 4. The first-order valence-electron chi connectivity index (χ1n) is 14.6. The third-order valence-electron chi connectivity index (χ3n) is 8.42. The highest BCUT2D eigenvalue weighted by Gasteiger charge is 2.32. The van der Waals surface area contributed by atoms with Crippen LogP contribution < -0.4 is 11.1 Å². The number of nitrogens with zero attached hydrogens (tertiary/aromatic N) is 6. The SMILES string of the molecule is Nc1nccn2c(C3CCCN(C(=O)CN4CCOC4=O)C3)nc(-c3ccc(C(=O)Nc4cc(C5CC5)ccn4)cc3)c12. The number of imidazole rings is 1. The minimum atomic E-state index is -0.447. The number of cyclic esters (lactones) is 1. The molecule has 5 heterocycles. The van der Waals surface area contributed by atoms with Crippen molar-refractivity contribution in [1.29, 1.82) is 0 Å². The molecule has 4 aromatic rings. The number of hydrogen-bond donors (Lipinski definition) is 2. The zero-order valence-corrected chi connectivity index (χ0v) is 23.6. The van der Waals surface area contributed by atoms with E-state index in [-0.39, 0.29) is 24.3 Å². The lowest BCUT2D eigenvalue weighted by molar-refractivity contribution is -0.133. The molecule has 1 saturated carbocycles. The van der Waals surface area contributed by atoms with Crippen LogP contribution in [0, 0.1) is 0 Å². The van der Waals surface area contributed by atoms with E-state index in [1.165, 1.54) is 23.3 Å². The Labute approximate surface area is 247 Å². The number of ether oxygens (including phenoxy) is 1. The molecule has 2 aliphatic heterocycles. The number of nitrogens with two attached hydrogens (primary N) is 1. The van der Waals surface area contributed by atoms with Crippen molar-refractivity contribution in [2.24, 2.45) is 0 Å². The minimum absolute atomic E-state index is 0.0118. The van der Waals surface area contributed by atoms with Crippen molar-refractivity contribution in [3.63, 3.8) is 0 Å². The Morgan fingerprint density at radius 1 is 1.02 bits per heavy atom. The summed E-state index contributed by atoms with van der Waals surface area (Å²) in [6.07, 6.45) is 8.78. The highest BCUT2D eigenvalue weighted by molar-refractivity contribution is 6.04. The maximum Gasteiger partial charge on any atom is 0.410 e. The van der Waals surface area contributed by atoms with Crippen molar-refractivity contribution >= 4 is 35.1 Å². The minimum Gasteiger partial charge on any atom is -0.448 e. The molecule has 0 bridgehead atoms. The number of nitrogens with one attached hydrogen (secondary N) is 1. The Hall–Kier alpha value is -5.00. The van der Waals surface area contributed by atoms with Crippen LogP contribution in [0.5, 0.6) is 0 Å². The molecule has 3 amide bonds. The first-order chi connectivity index (χ1) is 20.9. The lowest BCUT2D eigenvalue weighted by atomic mass is 9.97. The quantitative estimate of drug-likeness (QED) is 0.337. The predicted octanol–water partition coefficient (Wildman–Crippen LogP) is 3.66. The van der Waals surface area contributed by atoms with E-state index in [2.05, 4.69) is 15.3 Å². The number of likely N-dealkylation sites (tertiary alicyclic amines) is 1. The van der Waals surface area contributed by atoms with Crippen LogP contribution in [0.3, 0.4) is 0 Å². The number of anilines is 2. The van der Waals surface area contributed by atoms with E-state index in [1.54, 1.807) is 29.4 Å². The first kappa shape index (κ1) is 26.9. The van der Waals surface area contributed by atoms with Gasteiger partial charge in [0.2, 0.25) is 5.91 Å². The van der Waals surface area contributed by atoms with Gasteiger partial charge in [-0.15, -0.1) is 0 Å². The lowest BCUT2D eigenvalue weighted by Crippen LogP contribution is -2.45. The number of rotatable bonds is 7. The molecule has 3 fully saturated rings. The van der Waals surface area contributed by atoms with Crippen molar-refractivity contribution in [1.82, 2.24) is 29.2 Å². The van der Waals surface area contributed by atoms with Crippen LogP contribution in [0.25, 0.3) is 16.8 Å². The van der Waals surface area contributed by atoms with Gasteiger partial charge in [0, 0.05) is 48.7 Å². The van der Waals surface area contributed by atoms with E-state index < -0.39 is 6.09 Å². The molecule has 2 saturated heterocycles. The van der Waals surface area contributed by atoms with Gasteiger partial charge in [-0.25, -0.2) is 19.7 Å². The molecular weight excluding hydrogens is 548 g/mol. The maximum absolute atomic E-state index is 13.1. The Morgan fingerprint density at radius 2 is 1.86 bits per heavy atom. The molecule has 12 heteroatoms. The van der Waals surface area contributed by atoms with Crippen LogP contribution in [-0.4, -0.2) is 79.8 Å². The highest BCUT2D eigenvalue weighted by atomic mass is 16.6. The Kier molecular flexibility index (Phi) is 6.88. The molecule has 3 aliphatic rings. The van der Waals surface area contributed by atoms with Gasteiger partial charge in [0.25, 0.3) is 5.91 Å². The topological polar surface area (TPSA) is 148 Å². The van der Waals surface area contributed by atoms with Crippen LogP contribution in [-0.2, 0) is 9.53 Å². The number of amides is 3. The number of pyridine rings is 1. The third-order valence-corrected chi connectivity index (χ3v) is 8.42. The van der Waals surface area contributed by atoms with Gasteiger partial charge in [-0.05, 0) is 61.4 Å². The molecule has 1 atom stereocenters. The number of carbonyl (C=O) groups excluding carboxylic acids is 3. The van der Waals surface area contributed by atoms with E-state index >= 15 is 0 Å². The predicted molar refractivity (Wildman–Crippen MR) is 158 cm³/mol. The second-order valence-electron chi connectivity index (χ2n) is 11.3. The number of hydrogen-bond acceptors (Lipinski definition) is 8. The van der Waals surface area contributed by atoms with E-state index in [0.29, 0.717) is 60.6 Å². The summed E-state index contributed by atoms with van der Waals surface area (Å²) < 4.78 is 6.92. The molecule has 3 N–H and O–H groups in total. The van der Waals surface area contributed by atoms with Crippen LogP contribution in [0.15, 0.2) is 55.0 Å². The Morgan fingerprint density at radius 3 is 2.63 bits per heavy atom. The molecule has 0 spiro atoms. The summed E-state index contributed by atoms with van der Waals surface area (Å²) in [6.45, 7) is 1.86. The van der Waals surface area contributed by atoms with Crippen molar-refractivity contribution in [2.45, 2.75) is 37.5 Å². The third kappa shape index (κ3) is 5.36. The normalized spacial score (nSPS) is 18.6. The second kappa shape index (κ2) is 11.0. The molecule has 3 aromatic heterocycles. The number of carbonyl (C=O) groups is 3. The molecule has 0 radical (unpaired) electrons. The fraction of sp³-hybridized carbons (Fsp3) is 0.355. The van der Waals surface area contributed by atoms with E-state index in [9.17, 15) is 14.4 Å². The smallest absolute Gasteiger partial charge is 0.410 e. The molecular formula is C31H32N8O4. The fourth-order valence-electron chi connectivity index (χ4n) is 5.98.